The SMILES string of the molecule is N#C/C(=C\c1ccc(-c2ccc(Cl)c(Cl)c2)o1)C(=O)NCCc1c[nH]c2ccccc12. The number of H-pyrrole nitrogens is 1. The van der Waals surface area contributed by atoms with Crippen LogP contribution in [0.3, 0.4) is 0 Å². The number of halogens is 2. The number of para-hydroxylation sites is 1. The summed E-state index contributed by atoms with van der Waals surface area (Å²) in [5.41, 5.74) is 2.87. The van der Waals surface area contributed by atoms with Crippen molar-refractivity contribution < 1.29 is 9.21 Å². The molecule has 154 valence electrons. The zero-order valence-electron chi connectivity index (χ0n) is 16.3. The van der Waals surface area contributed by atoms with Crippen molar-refractivity contribution in [1.29, 1.82) is 5.26 Å². The molecule has 0 aliphatic carbocycles. The normalized spacial score (nSPS) is 11.5. The van der Waals surface area contributed by atoms with E-state index in [-0.39, 0.29) is 5.57 Å². The summed E-state index contributed by atoms with van der Waals surface area (Å²) in [4.78, 5) is 15.7. The monoisotopic (exact) mass is 449 g/mol. The van der Waals surface area contributed by atoms with Crippen molar-refractivity contribution in [1.82, 2.24) is 10.3 Å². The number of nitriles is 1. The van der Waals surface area contributed by atoms with Gasteiger partial charge < -0.3 is 14.7 Å². The fraction of sp³-hybridized carbons (Fsp3) is 0.0833. The molecule has 31 heavy (non-hydrogen) atoms. The van der Waals surface area contributed by atoms with Gasteiger partial charge in [0.1, 0.15) is 23.2 Å². The zero-order chi connectivity index (χ0) is 21.8. The van der Waals surface area contributed by atoms with Crippen molar-refractivity contribution in [3.05, 3.63) is 87.7 Å². The van der Waals surface area contributed by atoms with Gasteiger partial charge in [-0.2, -0.15) is 5.26 Å². The number of nitrogens with zero attached hydrogens (tertiary/aromatic N) is 1. The maximum atomic E-state index is 12.4. The van der Waals surface area contributed by atoms with Gasteiger partial charge in [0.2, 0.25) is 0 Å². The molecule has 0 aliphatic heterocycles. The number of aromatic amines is 1. The molecular weight excluding hydrogens is 433 g/mol. The van der Waals surface area contributed by atoms with Crippen LogP contribution >= 0.6 is 23.2 Å². The Hall–Kier alpha value is -3.46. The lowest BCUT2D eigenvalue weighted by molar-refractivity contribution is -0.117. The van der Waals surface area contributed by atoms with E-state index in [1.54, 1.807) is 30.3 Å². The molecule has 0 atom stereocenters. The second kappa shape index (κ2) is 9.13. The highest BCUT2D eigenvalue weighted by Crippen LogP contribution is 2.30. The number of fused-ring (bicyclic) bond motifs is 1. The van der Waals surface area contributed by atoms with Crippen molar-refractivity contribution in [3.63, 3.8) is 0 Å². The molecule has 5 nitrogen and oxygen atoms in total. The smallest absolute Gasteiger partial charge is 0.262 e. The second-order valence-corrected chi connectivity index (χ2v) is 7.68. The topological polar surface area (TPSA) is 81.8 Å². The van der Waals surface area contributed by atoms with Crippen molar-refractivity contribution in [3.8, 4) is 17.4 Å². The fourth-order valence-electron chi connectivity index (χ4n) is 3.27. The molecule has 0 spiro atoms. The van der Waals surface area contributed by atoms with E-state index in [1.807, 2.05) is 36.5 Å². The molecule has 0 saturated carbocycles. The summed E-state index contributed by atoms with van der Waals surface area (Å²) >= 11 is 12.0. The number of hydrogen-bond donors (Lipinski definition) is 2. The van der Waals surface area contributed by atoms with E-state index >= 15 is 0 Å². The number of carbonyl (C=O) groups is 1. The van der Waals surface area contributed by atoms with E-state index in [0.29, 0.717) is 34.5 Å². The van der Waals surface area contributed by atoms with Crippen molar-refractivity contribution >= 4 is 46.1 Å². The van der Waals surface area contributed by atoms with Gasteiger partial charge in [-0.25, -0.2) is 0 Å². The number of rotatable bonds is 6. The Bertz CT molecular complexity index is 1330. The standard InChI is InChI=1S/C24H17Cl2N3O2/c25-20-7-5-15(12-21(20)26)23-8-6-18(31-23)11-17(13-27)24(30)28-10-9-16-14-29-22-4-2-1-3-19(16)22/h1-8,11-12,14,29H,9-10H2,(H,28,30)/b17-11+. The number of furan rings is 1. The Morgan fingerprint density at radius 1 is 1.13 bits per heavy atom. The largest absolute Gasteiger partial charge is 0.457 e. The number of carbonyl (C=O) groups excluding carboxylic acids is 1. The van der Waals surface area contributed by atoms with Gasteiger partial charge >= 0.3 is 0 Å². The molecule has 0 aliphatic rings. The molecule has 0 saturated heterocycles. The average Bonchev–Trinajstić information content (AvgIpc) is 3.41. The summed E-state index contributed by atoms with van der Waals surface area (Å²) in [6, 6.07) is 18.5. The van der Waals surface area contributed by atoms with E-state index in [0.717, 1.165) is 22.0 Å². The Morgan fingerprint density at radius 3 is 2.77 bits per heavy atom. The number of aromatic nitrogens is 1. The van der Waals surface area contributed by atoms with Gasteiger partial charge in [0.05, 0.1) is 10.0 Å². The molecule has 2 heterocycles. The molecule has 2 aromatic carbocycles. The minimum atomic E-state index is -0.449. The number of benzene rings is 2. The van der Waals surface area contributed by atoms with Crippen LogP contribution in [0.2, 0.25) is 10.0 Å². The zero-order valence-corrected chi connectivity index (χ0v) is 17.8. The number of nitrogens with one attached hydrogen (secondary N) is 2. The number of hydrogen-bond acceptors (Lipinski definition) is 3. The van der Waals surface area contributed by atoms with E-state index in [9.17, 15) is 10.1 Å². The summed E-state index contributed by atoms with van der Waals surface area (Å²) < 4.78 is 5.75. The fourth-order valence-corrected chi connectivity index (χ4v) is 3.57. The lowest BCUT2D eigenvalue weighted by atomic mass is 10.1. The summed E-state index contributed by atoms with van der Waals surface area (Å²) in [6.07, 6.45) is 4.00. The second-order valence-electron chi connectivity index (χ2n) is 6.87. The molecule has 0 unspecified atom stereocenters. The first kappa shape index (κ1) is 20.8. The van der Waals surface area contributed by atoms with Crippen molar-refractivity contribution in [2.45, 2.75) is 6.42 Å². The molecule has 1 amide bonds. The minimum Gasteiger partial charge on any atom is -0.457 e. The molecule has 2 N–H and O–H groups in total. The van der Waals surface area contributed by atoms with Crippen LogP contribution in [-0.4, -0.2) is 17.4 Å². The maximum absolute atomic E-state index is 12.4. The lowest BCUT2D eigenvalue weighted by Gasteiger charge is -2.04. The molecular formula is C24H17Cl2N3O2. The van der Waals surface area contributed by atoms with E-state index < -0.39 is 5.91 Å². The van der Waals surface area contributed by atoms with Crippen molar-refractivity contribution in [2.24, 2.45) is 0 Å². The van der Waals surface area contributed by atoms with Crippen LogP contribution < -0.4 is 5.32 Å². The first-order valence-electron chi connectivity index (χ1n) is 9.55. The van der Waals surface area contributed by atoms with Gasteiger partial charge in [0, 0.05) is 35.3 Å². The van der Waals surface area contributed by atoms with Gasteiger partial charge in [0.15, 0.2) is 0 Å². The van der Waals surface area contributed by atoms with Crippen LogP contribution in [0.5, 0.6) is 0 Å². The quantitative estimate of drug-likeness (QED) is 0.279. The molecule has 0 radical (unpaired) electrons. The Kier molecular flexibility index (Phi) is 6.13. The molecule has 4 rings (SSSR count). The Balaban J connectivity index is 1.42. The average molecular weight is 450 g/mol. The summed E-state index contributed by atoms with van der Waals surface area (Å²) in [5.74, 6) is 0.501. The van der Waals surface area contributed by atoms with Gasteiger partial charge in [-0.1, -0.05) is 41.4 Å². The third-order valence-electron chi connectivity index (χ3n) is 4.84. The highest BCUT2D eigenvalue weighted by Gasteiger charge is 2.12. The van der Waals surface area contributed by atoms with Crippen LogP contribution in [0, 0.1) is 11.3 Å². The van der Waals surface area contributed by atoms with Crippen LogP contribution in [0.15, 0.2) is 70.8 Å². The highest BCUT2D eigenvalue weighted by atomic mass is 35.5. The van der Waals surface area contributed by atoms with Crippen LogP contribution in [-0.2, 0) is 11.2 Å². The van der Waals surface area contributed by atoms with Gasteiger partial charge in [-0.05, 0) is 48.4 Å². The lowest BCUT2D eigenvalue weighted by Crippen LogP contribution is -2.26. The summed E-state index contributed by atoms with van der Waals surface area (Å²) in [5, 5.41) is 14.2. The van der Waals surface area contributed by atoms with E-state index in [2.05, 4.69) is 10.3 Å². The predicted molar refractivity (Wildman–Crippen MR) is 123 cm³/mol. The van der Waals surface area contributed by atoms with Gasteiger partial charge in [0.25, 0.3) is 5.91 Å². The molecule has 0 fully saturated rings. The summed E-state index contributed by atoms with van der Waals surface area (Å²) in [6.45, 7) is 0.409. The maximum Gasteiger partial charge on any atom is 0.262 e. The Morgan fingerprint density at radius 2 is 1.97 bits per heavy atom. The minimum absolute atomic E-state index is 0.0334. The van der Waals surface area contributed by atoms with E-state index in [1.165, 1.54) is 6.08 Å². The van der Waals surface area contributed by atoms with Crippen LogP contribution in [0.1, 0.15) is 11.3 Å². The first-order chi connectivity index (χ1) is 15.0. The van der Waals surface area contributed by atoms with Gasteiger partial charge in [-0.15, -0.1) is 0 Å². The third-order valence-corrected chi connectivity index (χ3v) is 5.58. The van der Waals surface area contributed by atoms with Gasteiger partial charge in [-0.3, -0.25) is 4.79 Å². The molecule has 0 bridgehead atoms. The van der Waals surface area contributed by atoms with Crippen LogP contribution in [0.25, 0.3) is 28.3 Å². The van der Waals surface area contributed by atoms with Crippen LogP contribution in [0.4, 0.5) is 0 Å². The number of amides is 1. The van der Waals surface area contributed by atoms with Crippen molar-refractivity contribution in [2.75, 3.05) is 6.54 Å². The Labute approximate surface area is 188 Å². The highest BCUT2D eigenvalue weighted by molar-refractivity contribution is 6.42. The first-order valence-corrected chi connectivity index (χ1v) is 10.3. The molecule has 4 aromatic rings. The molecule has 2 aromatic heterocycles. The predicted octanol–water partition coefficient (Wildman–Crippen LogP) is 6.00. The third kappa shape index (κ3) is 4.66. The molecule has 7 heteroatoms. The van der Waals surface area contributed by atoms with E-state index in [4.69, 9.17) is 27.6 Å². The summed E-state index contributed by atoms with van der Waals surface area (Å²) in [7, 11) is 0.